The molecule has 0 aromatic rings. The van der Waals surface area contributed by atoms with Crippen LogP contribution in [0.25, 0.3) is 0 Å². The topological polar surface area (TPSA) is 69.8 Å². The molecular formula is C8H16N2O3. The monoisotopic (exact) mass is 188 g/mol. The normalized spacial score (nSPS) is 26.9. The number of nitrogens with zero attached hydrogens (tertiary/aromatic N) is 2. The minimum absolute atomic E-state index is 0.278. The first kappa shape index (κ1) is 10.4. The van der Waals surface area contributed by atoms with Crippen LogP contribution in [0.3, 0.4) is 0 Å². The second-order valence-electron chi connectivity index (χ2n) is 4.26. The van der Waals surface area contributed by atoms with Crippen LogP contribution >= 0.6 is 0 Å². The summed E-state index contributed by atoms with van der Waals surface area (Å²) in [6.45, 7) is 6.25. The van der Waals surface area contributed by atoms with Gasteiger partial charge in [0.25, 0.3) is 0 Å². The lowest BCUT2D eigenvalue weighted by Gasteiger charge is -2.29. The fourth-order valence-corrected chi connectivity index (χ4v) is 1.73. The summed E-state index contributed by atoms with van der Waals surface area (Å²) in [4.78, 5) is 0. The van der Waals surface area contributed by atoms with Crippen LogP contribution in [0.4, 0.5) is 0 Å². The van der Waals surface area contributed by atoms with Crippen molar-refractivity contribution in [2.75, 3.05) is 6.61 Å². The van der Waals surface area contributed by atoms with Gasteiger partial charge >= 0.3 is 0 Å². The number of hydrogen-bond donors (Lipinski definition) is 2. The molecule has 1 aliphatic heterocycles. The molecule has 0 saturated heterocycles. The zero-order valence-corrected chi connectivity index (χ0v) is 8.40. The van der Waals surface area contributed by atoms with Crippen molar-refractivity contribution in [1.82, 2.24) is 5.06 Å². The molecule has 5 heteroatoms. The molecule has 1 aliphatic rings. The Morgan fingerprint density at radius 2 is 1.85 bits per heavy atom. The minimum atomic E-state index is -1.01. The molecule has 1 rings (SSSR count). The van der Waals surface area contributed by atoms with Crippen LogP contribution in [0, 0.1) is 5.21 Å². The molecule has 0 fully saturated rings. The Bertz CT molecular complexity index is 258. The van der Waals surface area contributed by atoms with Gasteiger partial charge in [-0.05, 0) is 13.8 Å². The molecule has 0 aliphatic carbocycles. The largest absolute Gasteiger partial charge is 0.622 e. The summed E-state index contributed by atoms with van der Waals surface area (Å²) in [6.07, 6.45) is 0. The lowest BCUT2D eigenvalue weighted by molar-refractivity contribution is -0.581. The van der Waals surface area contributed by atoms with Crippen molar-refractivity contribution >= 4 is 5.71 Å². The van der Waals surface area contributed by atoms with Crippen molar-refractivity contribution in [2.45, 2.75) is 38.9 Å². The maximum Gasteiger partial charge on any atom is 0.245 e. The first-order chi connectivity index (χ1) is 5.76. The number of aliphatic hydroxyl groups excluding tert-OH is 1. The first-order valence-corrected chi connectivity index (χ1v) is 4.20. The standard InChI is InChI=1S/C8H16N2O3/c1-7(2)6(5-11)9(12)8(3,4)10(7)13/h11,13H,5H2,1-4H3. The second kappa shape index (κ2) is 2.67. The molecule has 76 valence electrons. The Morgan fingerprint density at radius 1 is 1.38 bits per heavy atom. The summed E-state index contributed by atoms with van der Waals surface area (Å²) >= 11 is 0. The van der Waals surface area contributed by atoms with E-state index in [1.165, 1.54) is 0 Å². The summed E-state index contributed by atoms with van der Waals surface area (Å²) in [6, 6.07) is 0. The highest BCUT2D eigenvalue weighted by Gasteiger charge is 2.56. The SMILES string of the molecule is CC1(C)C(CO)=[N+]([O-])C(C)(C)N1O. The van der Waals surface area contributed by atoms with Crippen molar-refractivity contribution in [3.63, 3.8) is 0 Å². The second-order valence-corrected chi connectivity index (χ2v) is 4.26. The third-order valence-corrected chi connectivity index (χ3v) is 2.65. The zero-order chi connectivity index (χ0) is 10.4. The fraction of sp³-hybridized carbons (Fsp3) is 0.875. The van der Waals surface area contributed by atoms with Gasteiger partial charge in [0.05, 0.1) is 0 Å². The molecule has 0 aromatic carbocycles. The number of hydroxylamine groups is 3. The van der Waals surface area contributed by atoms with Gasteiger partial charge < -0.3 is 15.5 Å². The van der Waals surface area contributed by atoms with E-state index < -0.39 is 11.2 Å². The lowest BCUT2D eigenvalue weighted by Crippen LogP contribution is -2.51. The van der Waals surface area contributed by atoms with Crippen molar-refractivity contribution in [2.24, 2.45) is 0 Å². The van der Waals surface area contributed by atoms with Crippen LogP contribution in [0.15, 0.2) is 0 Å². The average Bonchev–Trinajstić information content (AvgIpc) is 2.12. The van der Waals surface area contributed by atoms with E-state index in [4.69, 9.17) is 5.11 Å². The summed E-state index contributed by atoms with van der Waals surface area (Å²) in [5.41, 5.74) is -1.54. The smallest absolute Gasteiger partial charge is 0.245 e. The zero-order valence-electron chi connectivity index (χ0n) is 8.40. The van der Waals surface area contributed by atoms with Gasteiger partial charge in [-0.15, -0.1) is 5.06 Å². The van der Waals surface area contributed by atoms with Gasteiger partial charge in [-0.1, -0.05) is 0 Å². The van der Waals surface area contributed by atoms with Gasteiger partial charge in [0.15, 0.2) is 0 Å². The van der Waals surface area contributed by atoms with E-state index in [2.05, 4.69) is 0 Å². The molecule has 1 heterocycles. The molecule has 0 bridgehead atoms. The van der Waals surface area contributed by atoms with Crippen LogP contribution in [-0.2, 0) is 0 Å². The third-order valence-electron chi connectivity index (χ3n) is 2.65. The van der Waals surface area contributed by atoms with Gasteiger partial charge in [-0.25, -0.2) is 0 Å². The predicted octanol–water partition coefficient (Wildman–Crippen LogP) is 0.150. The van der Waals surface area contributed by atoms with Crippen LogP contribution in [-0.4, -0.2) is 43.6 Å². The lowest BCUT2D eigenvalue weighted by atomic mass is 9.99. The molecule has 13 heavy (non-hydrogen) atoms. The Morgan fingerprint density at radius 3 is 2.00 bits per heavy atom. The predicted molar refractivity (Wildman–Crippen MR) is 47.5 cm³/mol. The molecular weight excluding hydrogens is 172 g/mol. The third kappa shape index (κ3) is 1.15. The van der Waals surface area contributed by atoms with E-state index in [1.807, 2.05) is 0 Å². The van der Waals surface area contributed by atoms with E-state index in [9.17, 15) is 10.4 Å². The van der Waals surface area contributed by atoms with Gasteiger partial charge in [0.2, 0.25) is 11.4 Å². The maximum absolute atomic E-state index is 11.6. The average molecular weight is 188 g/mol. The maximum atomic E-state index is 11.6. The minimum Gasteiger partial charge on any atom is -0.622 e. The molecule has 0 aromatic heterocycles. The van der Waals surface area contributed by atoms with Crippen LogP contribution < -0.4 is 0 Å². The molecule has 5 nitrogen and oxygen atoms in total. The first-order valence-electron chi connectivity index (χ1n) is 4.20. The number of hydrogen-bond acceptors (Lipinski definition) is 4. The molecule has 2 N–H and O–H groups in total. The van der Waals surface area contributed by atoms with Crippen molar-refractivity contribution < 1.29 is 15.1 Å². The number of aliphatic hydroxyl groups is 1. The Balaban J connectivity index is 3.23. The van der Waals surface area contributed by atoms with E-state index in [0.29, 0.717) is 4.74 Å². The van der Waals surface area contributed by atoms with Crippen molar-refractivity contribution in [3.8, 4) is 0 Å². The highest BCUT2D eigenvalue weighted by atomic mass is 16.6. The molecule has 0 spiro atoms. The van der Waals surface area contributed by atoms with Gasteiger partial charge in [-0.3, -0.25) is 0 Å². The summed E-state index contributed by atoms with van der Waals surface area (Å²) in [5.74, 6) is 0. The molecule has 0 saturated carbocycles. The van der Waals surface area contributed by atoms with Crippen molar-refractivity contribution in [3.05, 3.63) is 5.21 Å². The van der Waals surface area contributed by atoms with Gasteiger partial charge in [0, 0.05) is 13.8 Å². The van der Waals surface area contributed by atoms with Crippen LogP contribution in [0.5, 0.6) is 0 Å². The van der Waals surface area contributed by atoms with Crippen molar-refractivity contribution in [1.29, 1.82) is 0 Å². The summed E-state index contributed by atoms with van der Waals surface area (Å²) in [7, 11) is 0. The number of rotatable bonds is 1. The van der Waals surface area contributed by atoms with E-state index in [1.54, 1.807) is 27.7 Å². The highest BCUT2D eigenvalue weighted by molar-refractivity contribution is 5.90. The Kier molecular flexibility index (Phi) is 2.14. The summed E-state index contributed by atoms with van der Waals surface area (Å²) in [5, 5.41) is 31.3. The quantitative estimate of drug-likeness (QED) is 0.454. The molecule has 0 unspecified atom stereocenters. The van der Waals surface area contributed by atoms with E-state index in [0.717, 1.165) is 5.06 Å². The van der Waals surface area contributed by atoms with E-state index in [-0.39, 0.29) is 12.3 Å². The van der Waals surface area contributed by atoms with E-state index >= 15 is 0 Å². The highest BCUT2D eigenvalue weighted by Crippen LogP contribution is 2.31. The fourth-order valence-electron chi connectivity index (χ4n) is 1.73. The molecule has 0 amide bonds. The molecule has 0 radical (unpaired) electrons. The molecule has 0 atom stereocenters. The van der Waals surface area contributed by atoms with Gasteiger partial charge in [-0.2, -0.15) is 4.74 Å². The Hall–Kier alpha value is -0.650. The Labute approximate surface area is 77.4 Å². The summed E-state index contributed by atoms with van der Waals surface area (Å²) < 4.78 is 0.660. The van der Waals surface area contributed by atoms with Crippen LogP contribution in [0.1, 0.15) is 27.7 Å². The van der Waals surface area contributed by atoms with Crippen LogP contribution in [0.2, 0.25) is 0 Å². The van der Waals surface area contributed by atoms with Gasteiger partial charge in [0.1, 0.15) is 12.1 Å².